The number of nitrogens with zero attached hydrogens (tertiary/aromatic N) is 5. The molecule has 0 aliphatic carbocycles. The molecule has 0 atom stereocenters. The monoisotopic (exact) mass is 364 g/mol. The molecule has 1 aromatic carbocycles. The smallest absolute Gasteiger partial charge is 0.231 e. The molecule has 4 aromatic rings. The van der Waals surface area contributed by atoms with Gasteiger partial charge in [0.05, 0.1) is 12.9 Å². The van der Waals surface area contributed by atoms with Crippen LogP contribution in [0, 0.1) is 0 Å². The molecule has 3 aromatic heterocycles. The van der Waals surface area contributed by atoms with Crippen molar-refractivity contribution in [2.24, 2.45) is 0 Å². The van der Waals surface area contributed by atoms with Crippen molar-refractivity contribution in [2.45, 2.75) is 6.54 Å². The Bertz CT molecular complexity index is 1050. The normalized spacial score (nSPS) is 11.0. The van der Waals surface area contributed by atoms with Crippen LogP contribution in [0.1, 0.15) is 0 Å². The van der Waals surface area contributed by atoms with Crippen LogP contribution in [0.25, 0.3) is 22.6 Å². The Balaban J connectivity index is 1.63. The van der Waals surface area contributed by atoms with Crippen molar-refractivity contribution in [1.29, 1.82) is 0 Å². The molecule has 3 heterocycles. The van der Waals surface area contributed by atoms with Gasteiger partial charge < -0.3 is 24.9 Å². The summed E-state index contributed by atoms with van der Waals surface area (Å²) in [6.45, 7) is 1.37. The fraction of sp³-hybridized carbons (Fsp3) is 0.222. The predicted octanol–water partition coefficient (Wildman–Crippen LogP) is 2.65. The fourth-order valence-electron chi connectivity index (χ4n) is 2.87. The average molecular weight is 364 g/mol. The maximum absolute atomic E-state index is 5.17. The molecule has 0 unspecified atom stereocenters. The minimum atomic E-state index is 0.471. The van der Waals surface area contributed by atoms with Gasteiger partial charge in [-0.1, -0.05) is 12.1 Å². The first-order chi connectivity index (χ1) is 13.3. The second-order valence-corrected chi connectivity index (χ2v) is 5.89. The molecule has 138 valence electrons. The molecule has 0 fully saturated rings. The third-order valence-electron chi connectivity index (χ3n) is 4.15. The lowest BCUT2D eigenvalue weighted by molar-refractivity contribution is 0.187. The molecule has 0 saturated carbocycles. The van der Waals surface area contributed by atoms with Gasteiger partial charge in [-0.25, -0.2) is 9.97 Å². The minimum Gasteiger partial charge on any atom is -0.383 e. The molecule has 9 nitrogen and oxygen atoms in total. The Morgan fingerprint density at radius 3 is 3.00 bits per heavy atom. The van der Waals surface area contributed by atoms with Crippen molar-refractivity contribution >= 4 is 28.6 Å². The van der Waals surface area contributed by atoms with Gasteiger partial charge in [0.2, 0.25) is 5.95 Å². The first-order valence-electron chi connectivity index (χ1n) is 8.55. The van der Waals surface area contributed by atoms with Gasteiger partial charge in [-0.2, -0.15) is 9.97 Å². The molecule has 0 spiro atoms. The number of benzene rings is 1. The molecular weight excluding hydrogens is 344 g/mol. The van der Waals surface area contributed by atoms with E-state index in [0.29, 0.717) is 24.0 Å². The van der Waals surface area contributed by atoms with Gasteiger partial charge in [-0.15, -0.1) is 0 Å². The third-order valence-corrected chi connectivity index (χ3v) is 4.15. The molecule has 0 aliphatic rings. The lowest BCUT2D eigenvalue weighted by Gasteiger charge is -2.10. The second-order valence-electron chi connectivity index (χ2n) is 5.89. The highest BCUT2D eigenvalue weighted by molar-refractivity contribution is 5.84. The summed E-state index contributed by atoms with van der Waals surface area (Å²) in [5.74, 6) is 2.04. The highest BCUT2D eigenvalue weighted by Crippen LogP contribution is 2.24. The van der Waals surface area contributed by atoms with Gasteiger partial charge >= 0.3 is 0 Å². The van der Waals surface area contributed by atoms with Gasteiger partial charge in [0, 0.05) is 44.3 Å². The Kier molecular flexibility index (Phi) is 4.67. The van der Waals surface area contributed by atoms with E-state index in [1.807, 2.05) is 37.5 Å². The Labute approximate surface area is 155 Å². The summed E-state index contributed by atoms with van der Waals surface area (Å²) < 4.78 is 7.23. The van der Waals surface area contributed by atoms with Crippen LogP contribution in [0.4, 0.5) is 17.5 Å². The summed E-state index contributed by atoms with van der Waals surface area (Å²) in [4.78, 5) is 20.7. The second kappa shape index (κ2) is 7.42. The fourth-order valence-corrected chi connectivity index (χ4v) is 2.87. The quantitative estimate of drug-likeness (QED) is 0.463. The number of aromatic amines is 1. The first-order valence-corrected chi connectivity index (χ1v) is 8.55. The van der Waals surface area contributed by atoms with Gasteiger partial charge in [0.15, 0.2) is 11.5 Å². The highest BCUT2D eigenvalue weighted by Gasteiger charge is 2.10. The number of ether oxygens (including phenoxy) is 1. The number of hydrogen-bond donors (Lipinski definition) is 3. The number of methoxy groups -OCH3 is 1. The number of nitrogens with one attached hydrogen (secondary N) is 3. The SMILES string of the molecule is CNc1nc(Nc2cccc(-c3nccn3CCOC)c2)nc2nc[nH]c12. The van der Waals surface area contributed by atoms with E-state index in [2.05, 4.69) is 40.1 Å². The van der Waals surface area contributed by atoms with Gasteiger partial charge in [-0.3, -0.25) is 0 Å². The van der Waals surface area contributed by atoms with Gasteiger partial charge in [0.1, 0.15) is 11.3 Å². The van der Waals surface area contributed by atoms with Crippen LogP contribution in [0.3, 0.4) is 0 Å². The maximum atomic E-state index is 5.17. The average Bonchev–Trinajstić information content (AvgIpc) is 3.35. The Morgan fingerprint density at radius 2 is 2.15 bits per heavy atom. The number of imidazole rings is 2. The molecule has 0 saturated heterocycles. The van der Waals surface area contributed by atoms with Crippen molar-refractivity contribution in [1.82, 2.24) is 29.5 Å². The standard InChI is InChI=1S/C18H20N8O/c1-19-15-14-16(22-11-21-14)25-18(24-15)23-13-5-3-4-12(10-13)17-20-6-7-26(17)8-9-27-2/h3-7,10-11H,8-9H2,1-2H3,(H3,19,21,22,23,24,25). The van der Waals surface area contributed by atoms with Crippen molar-refractivity contribution in [3.8, 4) is 11.4 Å². The summed E-state index contributed by atoms with van der Waals surface area (Å²) >= 11 is 0. The van der Waals surface area contributed by atoms with Crippen molar-refractivity contribution in [3.63, 3.8) is 0 Å². The zero-order valence-electron chi connectivity index (χ0n) is 15.1. The Morgan fingerprint density at radius 1 is 1.22 bits per heavy atom. The number of anilines is 3. The number of aromatic nitrogens is 6. The van der Waals surface area contributed by atoms with Crippen molar-refractivity contribution in [2.75, 3.05) is 31.4 Å². The van der Waals surface area contributed by atoms with Crippen LogP contribution in [0.5, 0.6) is 0 Å². The lowest BCUT2D eigenvalue weighted by Crippen LogP contribution is -2.05. The molecule has 4 rings (SSSR count). The van der Waals surface area contributed by atoms with Crippen LogP contribution in [-0.2, 0) is 11.3 Å². The van der Waals surface area contributed by atoms with E-state index >= 15 is 0 Å². The molecular formula is C18H20N8O. The van der Waals surface area contributed by atoms with E-state index in [4.69, 9.17) is 4.74 Å². The van der Waals surface area contributed by atoms with E-state index in [9.17, 15) is 0 Å². The zero-order chi connectivity index (χ0) is 18.6. The van der Waals surface area contributed by atoms with Crippen LogP contribution >= 0.6 is 0 Å². The van der Waals surface area contributed by atoms with Crippen LogP contribution < -0.4 is 10.6 Å². The highest BCUT2D eigenvalue weighted by atomic mass is 16.5. The Hall–Kier alpha value is -3.46. The van der Waals surface area contributed by atoms with Gasteiger partial charge in [0.25, 0.3) is 0 Å². The summed E-state index contributed by atoms with van der Waals surface area (Å²) in [6, 6.07) is 7.97. The van der Waals surface area contributed by atoms with E-state index in [-0.39, 0.29) is 0 Å². The molecule has 0 bridgehead atoms. The molecule has 0 radical (unpaired) electrons. The maximum Gasteiger partial charge on any atom is 0.231 e. The lowest BCUT2D eigenvalue weighted by atomic mass is 10.2. The summed E-state index contributed by atoms with van der Waals surface area (Å²) in [6.07, 6.45) is 5.34. The number of rotatable bonds is 7. The number of hydrogen-bond acceptors (Lipinski definition) is 7. The number of H-pyrrole nitrogens is 1. The zero-order valence-corrected chi connectivity index (χ0v) is 15.1. The first kappa shape index (κ1) is 17.0. The molecule has 9 heteroatoms. The summed E-state index contributed by atoms with van der Waals surface area (Å²) in [5.41, 5.74) is 3.24. The van der Waals surface area contributed by atoms with E-state index < -0.39 is 0 Å². The van der Waals surface area contributed by atoms with E-state index in [1.54, 1.807) is 19.6 Å². The largest absolute Gasteiger partial charge is 0.383 e. The number of fused-ring (bicyclic) bond motifs is 1. The topological polar surface area (TPSA) is 106 Å². The minimum absolute atomic E-state index is 0.471. The van der Waals surface area contributed by atoms with Crippen molar-refractivity contribution < 1.29 is 4.74 Å². The molecule has 0 aliphatic heterocycles. The van der Waals surface area contributed by atoms with Crippen LogP contribution in [0.2, 0.25) is 0 Å². The summed E-state index contributed by atoms with van der Waals surface area (Å²) in [7, 11) is 3.50. The predicted molar refractivity (Wildman–Crippen MR) is 104 cm³/mol. The van der Waals surface area contributed by atoms with E-state index in [1.165, 1.54) is 0 Å². The third kappa shape index (κ3) is 3.44. The molecule has 0 amide bonds. The van der Waals surface area contributed by atoms with Crippen LogP contribution in [-0.4, -0.2) is 50.3 Å². The van der Waals surface area contributed by atoms with Crippen LogP contribution in [0.15, 0.2) is 43.0 Å². The molecule has 27 heavy (non-hydrogen) atoms. The summed E-state index contributed by atoms with van der Waals surface area (Å²) in [5, 5.41) is 6.30. The molecule has 3 N–H and O–H groups in total. The van der Waals surface area contributed by atoms with Gasteiger partial charge in [-0.05, 0) is 12.1 Å². The van der Waals surface area contributed by atoms with E-state index in [0.717, 1.165) is 29.1 Å². The van der Waals surface area contributed by atoms with Crippen molar-refractivity contribution in [3.05, 3.63) is 43.0 Å².